The van der Waals surface area contributed by atoms with Crippen LogP contribution >= 0.6 is 11.3 Å². The molecule has 0 aliphatic heterocycles. The summed E-state index contributed by atoms with van der Waals surface area (Å²) < 4.78 is 1.97. The number of fused-ring (bicyclic) bond motifs is 1. The fraction of sp³-hybridized carbons (Fsp3) is 0.300. The molecule has 0 unspecified atom stereocenters. The molecule has 1 amide bonds. The summed E-state index contributed by atoms with van der Waals surface area (Å²) in [6, 6.07) is 12.4. The van der Waals surface area contributed by atoms with Crippen molar-refractivity contribution in [3.05, 3.63) is 69.2 Å². The van der Waals surface area contributed by atoms with Crippen molar-refractivity contribution in [2.45, 2.75) is 32.7 Å². The molecule has 128 valence electrons. The van der Waals surface area contributed by atoms with Crippen LogP contribution in [0.25, 0.3) is 5.69 Å². The molecule has 0 fully saturated rings. The normalized spacial score (nSPS) is 13.0. The van der Waals surface area contributed by atoms with E-state index in [1.54, 1.807) is 16.2 Å². The molecular formula is C20H21N3OS. The van der Waals surface area contributed by atoms with Crippen molar-refractivity contribution in [1.82, 2.24) is 14.7 Å². The lowest BCUT2D eigenvalue weighted by molar-refractivity contribution is 0.0779. The molecule has 2 aromatic heterocycles. The number of carbonyl (C=O) groups is 1. The SMILES string of the molecule is Cc1ccc(-n2nc(C(=O)N(C)Cc3cccs3)c3c2CCC3)cc1. The van der Waals surface area contributed by atoms with E-state index in [1.165, 1.54) is 16.1 Å². The van der Waals surface area contributed by atoms with Gasteiger partial charge in [-0.1, -0.05) is 23.8 Å². The number of benzene rings is 1. The number of hydrogen-bond donors (Lipinski definition) is 0. The molecule has 0 saturated heterocycles. The third-order valence-corrected chi connectivity index (χ3v) is 5.59. The van der Waals surface area contributed by atoms with Crippen molar-refractivity contribution in [2.24, 2.45) is 0 Å². The van der Waals surface area contributed by atoms with E-state index < -0.39 is 0 Å². The van der Waals surface area contributed by atoms with Gasteiger partial charge in [-0.3, -0.25) is 4.79 Å². The summed E-state index contributed by atoms with van der Waals surface area (Å²) in [5.74, 6) is 0.0115. The van der Waals surface area contributed by atoms with E-state index in [0.29, 0.717) is 12.2 Å². The van der Waals surface area contributed by atoms with Crippen LogP contribution in [0, 0.1) is 6.92 Å². The monoisotopic (exact) mass is 351 g/mol. The van der Waals surface area contributed by atoms with Gasteiger partial charge in [0.15, 0.2) is 5.69 Å². The minimum Gasteiger partial charge on any atom is -0.335 e. The second kappa shape index (κ2) is 6.48. The molecule has 0 atom stereocenters. The first kappa shape index (κ1) is 16.1. The Morgan fingerprint density at radius 2 is 2.04 bits per heavy atom. The minimum absolute atomic E-state index is 0.0115. The predicted octanol–water partition coefficient (Wildman–Crippen LogP) is 4.00. The average Bonchev–Trinajstić information content (AvgIpc) is 3.32. The van der Waals surface area contributed by atoms with Crippen LogP contribution in [0.15, 0.2) is 41.8 Å². The largest absolute Gasteiger partial charge is 0.335 e. The van der Waals surface area contributed by atoms with Gasteiger partial charge in [-0.2, -0.15) is 5.10 Å². The Hall–Kier alpha value is -2.40. The number of carbonyl (C=O) groups excluding carboxylic acids is 1. The van der Waals surface area contributed by atoms with Crippen molar-refractivity contribution in [1.29, 1.82) is 0 Å². The number of aryl methyl sites for hydroxylation is 1. The number of hydrogen-bond acceptors (Lipinski definition) is 3. The first-order chi connectivity index (χ1) is 12.1. The van der Waals surface area contributed by atoms with Crippen LogP contribution in [-0.4, -0.2) is 27.6 Å². The lowest BCUT2D eigenvalue weighted by Gasteiger charge is -2.15. The zero-order chi connectivity index (χ0) is 17.4. The van der Waals surface area contributed by atoms with Gasteiger partial charge in [0.25, 0.3) is 5.91 Å². The Balaban J connectivity index is 1.67. The third-order valence-electron chi connectivity index (χ3n) is 4.73. The highest BCUT2D eigenvalue weighted by Gasteiger charge is 2.28. The summed E-state index contributed by atoms with van der Waals surface area (Å²) in [4.78, 5) is 15.9. The molecule has 0 saturated carbocycles. The molecule has 0 bridgehead atoms. The molecule has 25 heavy (non-hydrogen) atoms. The van der Waals surface area contributed by atoms with Gasteiger partial charge in [0.1, 0.15) is 0 Å². The molecule has 4 nitrogen and oxygen atoms in total. The standard InChI is InChI=1S/C20H21N3OS/c1-14-8-10-15(11-9-14)23-18-7-3-6-17(18)19(21-23)20(24)22(2)13-16-5-4-12-25-16/h4-5,8-12H,3,6-7,13H2,1-2H3. The van der Waals surface area contributed by atoms with E-state index in [2.05, 4.69) is 37.3 Å². The van der Waals surface area contributed by atoms with Gasteiger partial charge >= 0.3 is 0 Å². The molecule has 0 radical (unpaired) electrons. The van der Waals surface area contributed by atoms with Gasteiger partial charge in [0.2, 0.25) is 0 Å². The summed E-state index contributed by atoms with van der Waals surface area (Å²) in [7, 11) is 1.86. The molecule has 5 heteroatoms. The van der Waals surface area contributed by atoms with Gasteiger partial charge in [-0.15, -0.1) is 11.3 Å². The zero-order valence-electron chi connectivity index (χ0n) is 14.5. The van der Waals surface area contributed by atoms with Crippen LogP contribution in [-0.2, 0) is 19.4 Å². The van der Waals surface area contributed by atoms with Gasteiger partial charge in [0, 0.05) is 23.2 Å². The van der Waals surface area contributed by atoms with Gasteiger partial charge in [-0.05, 0) is 49.8 Å². The first-order valence-corrected chi connectivity index (χ1v) is 9.47. The van der Waals surface area contributed by atoms with E-state index in [1.807, 2.05) is 23.2 Å². The highest BCUT2D eigenvalue weighted by molar-refractivity contribution is 7.09. The van der Waals surface area contributed by atoms with E-state index in [-0.39, 0.29) is 5.91 Å². The van der Waals surface area contributed by atoms with Crippen LogP contribution in [0.5, 0.6) is 0 Å². The lowest BCUT2D eigenvalue weighted by Crippen LogP contribution is -2.27. The molecule has 2 heterocycles. The smallest absolute Gasteiger partial charge is 0.274 e. The van der Waals surface area contributed by atoms with Crippen LogP contribution in [0.2, 0.25) is 0 Å². The van der Waals surface area contributed by atoms with Crippen LogP contribution < -0.4 is 0 Å². The van der Waals surface area contributed by atoms with E-state index in [9.17, 15) is 4.79 Å². The van der Waals surface area contributed by atoms with Gasteiger partial charge in [0.05, 0.1) is 12.2 Å². The second-order valence-electron chi connectivity index (χ2n) is 6.62. The summed E-state index contributed by atoms with van der Waals surface area (Å²) in [6.45, 7) is 2.70. The van der Waals surface area contributed by atoms with Crippen molar-refractivity contribution in [3.8, 4) is 5.69 Å². The fourth-order valence-electron chi connectivity index (χ4n) is 3.40. The number of aromatic nitrogens is 2. The second-order valence-corrected chi connectivity index (χ2v) is 7.65. The maximum atomic E-state index is 13.0. The Morgan fingerprint density at radius 1 is 1.24 bits per heavy atom. The molecule has 1 aliphatic carbocycles. The molecule has 4 rings (SSSR count). The molecule has 1 aliphatic rings. The Bertz CT molecular complexity index is 894. The van der Waals surface area contributed by atoms with Crippen molar-refractivity contribution in [2.75, 3.05) is 7.05 Å². The van der Waals surface area contributed by atoms with E-state index in [4.69, 9.17) is 5.10 Å². The predicted molar refractivity (Wildman–Crippen MR) is 100 cm³/mol. The summed E-state index contributed by atoms with van der Waals surface area (Å²) >= 11 is 1.67. The van der Waals surface area contributed by atoms with E-state index in [0.717, 1.165) is 30.5 Å². The average molecular weight is 351 g/mol. The Labute approximate surface area is 151 Å². The summed E-state index contributed by atoms with van der Waals surface area (Å²) in [5, 5.41) is 6.75. The van der Waals surface area contributed by atoms with Crippen LogP contribution in [0.1, 0.15) is 38.6 Å². The Kier molecular flexibility index (Phi) is 4.17. The quantitative estimate of drug-likeness (QED) is 0.712. The molecule has 1 aromatic carbocycles. The minimum atomic E-state index is 0.0115. The Morgan fingerprint density at radius 3 is 2.76 bits per heavy atom. The van der Waals surface area contributed by atoms with Crippen LogP contribution in [0.4, 0.5) is 0 Å². The van der Waals surface area contributed by atoms with Crippen LogP contribution in [0.3, 0.4) is 0 Å². The fourth-order valence-corrected chi connectivity index (χ4v) is 4.15. The number of rotatable bonds is 4. The third kappa shape index (κ3) is 3.00. The first-order valence-electron chi connectivity index (χ1n) is 8.59. The maximum Gasteiger partial charge on any atom is 0.274 e. The van der Waals surface area contributed by atoms with Crippen molar-refractivity contribution in [3.63, 3.8) is 0 Å². The molecule has 3 aromatic rings. The number of amides is 1. The summed E-state index contributed by atoms with van der Waals surface area (Å²) in [5.41, 5.74) is 5.19. The van der Waals surface area contributed by atoms with Crippen molar-refractivity contribution < 1.29 is 4.79 Å². The zero-order valence-corrected chi connectivity index (χ0v) is 15.3. The molecule has 0 N–H and O–H groups in total. The molecule has 0 spiro atoms. The highest BCUT2D eigenvalue weighted by atomic mass is 32.1. The van der Waals surface area contributed by atoms with Gasteiger partial charge < -0.3 is 4.90 Å². The van der Waals surface area contributed by atoms with E-state index >= 15 is 0 Å². The number of thiophene rings is 1. The van der Waals surface area contributed by atoms with Gasteiger partial charge in [-0.25, -0.2) is 4.68 Å². The maximum absolute atomic E-state index is 13.0. The summed E-state index contributed by atoms with van der Waals surface area (Å²) in [6.07, 6.45) is 3.02. The highest BCUT2D eigenvalue weighted by Crippen LogP contribution is 2.29. The lowest BCUT2D eigenvalue weighted by atomic mass is 10.2. The number of nitrogens with zero attached hydrogens (tertiary/aromatic N) is 3. The topological polar surface area (TPSA) is 38.1 Å². The molecular weight excluding hydrogens is 330 g/mol. The van der Waals surface area contributed by atoms with Crippen molar-refractivity contribution >= 4 is 17.2 Å².